The molecule has 4 nitrogen and oxygen atoms in total. The number of hydrogen-bond acceptors (Lipinski definition) is 3. The zero-order chi connectivity index (χ0) is 18.9. The van der Waals surface area contributed by atoms with Gasteiger partial charge < -0.3 is 4.74 Å². The van der Waals surface area contributed by atoms with Gasteiger partial charge in [0.05, 0.1) is 12.3 Å². The van der Waals surface area contributed by atoms with Crippen molar-refractivity contribution in [3.63, 3.8) is 0 Å². The van der Waals surface area contributed by atoms with Crippen molar-refractivity contribution in [3.8, 4) is 5.75 Å². The Morgan fingerprint density at radius 3 is 2.58 bits per heavy atom. The molecule has 0 saturated heterocycles. The molecule has 0 aliphatic carbocycles. The summed E-state index contributed by atoms with van der Waals surface area (Å²) in [4.78, 5) is 11.9. The van der Waals surface area contributed by atoms with Crippen LogP contribution in [0.15, 0.2) is 47.6 Å². The van der Waals surface area contributed by atoms with Gasteiger partial charge in [0.1, 0.15) is 5.75 Å². The van der Waals surface area contributed by atoms with Crippen molar-refractivity contribution in [2.75, 3.05) is 6.61 Å². The summed E-state index contributed by atoms with van der Waals surface area (Å²) in [5.74, 6) is 0.671. The fraction of sp³-hybridized carbons (Fsp3) is 0.333. The summed E-state index contributed by atoms with van der Waals surface area (Å²) in [6.45, 7) is 6.41. The first kappa shape index (κ1) is 20.0. The predicted molar refractivity (Wildman–Crippen MR) is 107 cm³/mol. The van der Waals surface area contributed by atoms with E-state index in [0.717, 1.165) is 29.0 Å². The van der Waals surface area contributed by atoms with Crippen LogP contribution in [0.5, 0.6) is 5.75 Å². The van der Waals surface area contributed by atoms with Gasteiger partial charge in [-0.15, -0.1) is 0 Å². The van der Waals surface area contributed by atoms with E-state index in [4.69, 9.17) is 16.3 Å². The lowest BCUT2D eigenvalue weighted by atomic mass is 10.1. The monoisotopic (exact) mass is 372 g/mol. The molecule has 1 N–H and O–H groups in total. The topological polar surface area (TPSA) is 50.7 Å². The third kappa shape index (κ3) is 6.19. The molecule has 0 aliphatic heterocycles. The summed E-state index contributed by atoms with van der Waals surface area (Å²) in [7, 11) is 0. The molecule has 2 rings (SSSR count). The molecule has 26 heavy (non-hydrogen) atoms. The molecule has 0 bridgehead atoms. The number of nitrogens with zero attached hydrogens (tertiary/aromatic N) is 1. The van der Waals surface area contributed by atoms with Gasteiger partial charge in [0.2, 0.25) is 5.91 Å². The Kier molecular flexibility index (Phi) is 7.67. The van der Waals surface area contributed by atoms with Crippen molar-refractivity contribution < 1.29 is 9.53 Å². The second kappa shape index (κ2) is 9.97. The van der Waals surface area contributed by atoms with Crippen LogP contribution >= 0.6 is 11.6 Å². The second-order valence-electron chi connectivity index (χ2n) is 6.14. The van der Waals surface area contributed by atoms with Crippen LogP contribution in [0.4, 0.5) is 0 Å². The zero-order valence-electron chi connectivity index (χ0n) is 15.5. The summed E-state index contributed by atoms with van der Waals surface area (Å²) in [6, 6.07) is 13.7. The smallest absolute Gasteiger partial charge is 0.240 e. The number of aryl methyl sites for hydroxylation is 2. The van der Waals surface area contributed by atoms with Gasteiger partial charge in [-0.1, -0.05) is 42.8 Å². The summed E-state index contributed by atoms with van der Waals surface area (Å²) in [5.41, 5.74) is 6.65. The van der Waals surface area contributed by atoms with Gasteiger partial charge in [-0.3, -0.25) is 4.79 Å². The Balaban J connectivity index is 1.74. The third-order valence-corrected chi connectivity index (χ3v) is 4.31. The molecule has 0 aliphatic rings. The van der Waals surface area contributed by atoms with E-state index in [9.17, 15) is 4.79 Å². The summed E-state index contributed by atoms with van der Waals surface area (Å²) < 4.78 is 5.68. The lowest BCUT2D eigenvalue weighted by molar-refractivity contribution is -0.121. The van der Waals surface area contributed by atoms with Crippen molar-refractivity contribution in [1.82, 2.24) is 5.43 Å². The van der Waals surface area contributed by atoms with E-state index >= 15 is 0 Å². The summed E-state index contributed by atoms with van der Waals surface area (Å²) in [6.07, 6.45) is 1.98. The van der Waals surface area contributed by atoms with Crippen molar-refractivity contribution in [2.24, 2.45) is 5.10 Å². The number of carbonyl (C=O) groups excluding carboxylic acids is 1. The molecule has 0 atom stereocenters. The van der Waals surface area contributed by atoms with E-state index < -0.39 is 0 Å². The van der Waals surface area contributed by atoms with E-state index in [1.165, 1.54) is 5.56 Å². The Hall–Kier alpha value is -2.33. The first-order valence-corrected chi connectivity index (χ1v) is 9.18. The van der Waals surface area contributed by atoms with Crippen molar-refractivity contribution in [2.45, 2.75) is 40.0 Å². The Morgan fingerprint density at radius 1 is 1.19 bits per heavy atom. The highest BCUT2D eigenvalue weighted by Crippen LogP contribution is 2.21. The number of nitrogens with one attached hydrogen (secondary N) is 1. The van der Waals surface area contributed by atoms with Crippen LogP contribution in [0.1, 0.15) is 43.4 Å². The van der Waals surface area contributed by atoms with Crippen LogP contribution in [0.2, 0.25) is 5.02 Å². The van der Waals surface area contributed by atoms with E-state index in [-0.39, 0.29) is 5.91 Å². The van der Waals surface area contributed by atoms with Gasteiger partial charge in [-0.25, -0.2) is 5.43 Å². The second-order valence-corrected chi connectivity index (χ2v) is 6.58. The fourth-order valence-corrected chi connectivity index (χ4v) is 2.66. The van der Waals surface area contributed by atoms with Crippen LogP contribution in [-0.4, -0.2) is 18.2 Å². The molecule has 0 spiro atoms. The lowest BCUT2D eigenvalue weighted by Gasteiger charge is -2.09. The largest absolute Gasteiger partial charge is 0.493 e. The molecule has 0 fully saturated rings. The van der Waals surface area contributed by atoms with Crippen LogP contribution in [-0.2, 0) is 11.2 Å². The standard InChI is InChI=1S/C21H25ClN2O2/c1-4-17-7-9-18(10-8-17)16(3)23-24-21(25)6-5-13-26-20-12-11-19(22)14-15(20)2/h7-12,14H,4-6,13H2,1-3H3,(H,24,25)/b23-16+. The molecule has 2 aromatic carbocycles. The number of amides is 1. The highest BCUT2D eigenvalue weighted by atomic mass is 35.5. The van der Waals surface area contributed by atoms with E-state index in [1.807, 2.05) is 38.1 Å². The van der Waals surface area contributed by atoms with Gasteiger partial charge >= 0.3 is 0 Å². The highest BCUT2D eigenvalue weighted by molar-refractivity contribution is 6.30. The van der Waals surface area contributed by atoms with Gasteiger partial charge in [0, 0.05) is 11.4 Å². The van der Waals surface area contributed by atoms with Crippen molar-refractivity contribution >= 4 is 23.2 Å². The number of hydrogen-bond donors (Lipinski definition) is 1. The minimum atomic E-state index is -0.119. The number of hydrazone groups is 1. The molecular weight excluding hydrogens is 348 g/mol. The van der Waals surface area contributed by atoms with Gasteiger partial charge in [-0.2, -0.15) is 5.10 Å². The normalized spacial score (nSPS) is 11.3. The predicted octanol–water partition coefficient (Wildman–Crippen LogP) is 4.91. The average Bonchev–Trinajstić information content (AvgIpc) is 2.64. The van der Waals surface area contributed by atoms with Gasteiger partial charge in [0.15, 0.2) is 0 Å². The van der Waals surface area contributed by atoms with Crippen LogP contribution in [0, 0.1) is 6.92 Å². The zero-order valence-corrected chi connectivity index (χ0v) is 16.3. The number of carbonyl (C=O) groups is 1. The fourth-order valence-electron chi connectivity index (χ4n) is 2.44. The van der Waals surface area contributed by atoms with Crippen molar-refractivity contribution in [1.29, 1.82) is 0 Å². The van der Waals surface area contributed by atoms with Crippen molar-refractivity contribution in [3.05, 3.63) is 64.2 Å². The maximum Gasteiger partial charge on any atom is 0.240 e. The number of halogens is 1. The molecular formula is C21H25ClN2O2. The molecule has 5 heteroatoms. The number of benzene rings is 2. The molecule has 0 unspecified atom stereocenters. The molecule has 138 valence electrons. The first-order chi connectivity index (χ1) is 12.5. The maximum absolute atomic E-state index is 11.9. The first-order valence-electron chi connectivity index (χ1n) is 8.81. The Labute approximate surface area is 160 Å². The van der Waals surface area contributed by atoms with E-state index in [2.05, 4.69) is 29.6 Å². The third-order valence-electron chi connectivity index (χ3n) is 4.07. The number of ether oxygens (including phenoxy) is 1. The van der Waals surface area contributed by atoms with Crippen LogP contribution < -0.4 is 10.2 Å². The SMILES string of the molecule is CCc1ccc(/C(C)=N/NC(=O)CCCOc2ccc(Cl)cc2C)cc1. The summed E-state index contributed by atoms with van der Waals surface area (Å²) in [5, 5.41) is 4.86. The molecule has 1 amide bonds. The average molecular weight is 373 g/mol. The molecule has 0 saturated carbocycles. The number of rotatable bonds is 8. The quantitative estimate of drug-likeness (QED) is 0.406. The maximum atomic E-state index is 11.9. The van der Waals surface area contributed by atoms with Gasteiger partial charge in [-0.05, 0) is 61.6 Å². The van der Waals surface area contributed by atoms with E-state index in [1.54, 1.807) is 6.07 Å². The minimum absolute atomic E-state index is 0.119. The molecule has 0 radical (unpaired) electrons. The summed E-state index contributed by atoms with van der Waals surface area (Å²) >= 11 is 5.92. The molecule has 2 aromatic rings. The van der Waals surface area contributed by atoms with E-state index in [0.29, 0.717) is 24.5 Å². The molecule has 0 aromatic heterocycles. The van der Waals surface area contributed by atoms with Gasteiger partial charge in [0.25, 0.3) is 0 Å². The lowest BCUT2D eigenvalue weighted by Crippen LogP contribution is -2.19. The van der Waals surface area contributed by atoms with Crippen LogP contribution in [0.3, 0.4) is 0 Å². The highest BCUT2D eigenvalue weighted by Gasteiger charge is 2.04. The van der Waals surface area contributed by atoms with Crippen LogP contribution in [0.25, 0.3) is 0 Å². The molecule has 0 heterocycles. The minimum Gasteiger partial charge on any atom is -0.493 e. The Morgan fingerprint density at radius 2 is 1.92 bits per heavy atom. The Bertz CT molecular complexity index is 770.